The largest absolute Gasteiger partial charge is 0.459 e. The van der Waals surface area contributed by atoms with Gasteiger partial charge in [-0.15, -0.1) is 0 Å². The fraction of sp³-hybridized carbons (Fsp3) is 0.364. The van der Waals surface area contributed by atoms with Gasteiger partial charge in [0.25, 0.3) is 11.8 Å². The zero-order valence-electron chi connectivity index (χ0n) is 18.0. The minimum atomic E-state index is -1.18. The van der Waals surface area contributed by atoms with E-state index in [1.807, 2.05) is 6.26 Å². The van der Waals surface area contributed by atoms with Gasteiger partial charge in [-0.1, -0.05) is 12.1 Å². The van der Waals surface area contributed by atoms with Crippen LogP contribution in [0.3, 0.4) is 0 Å². The molecule has 170 valence electrons. The van der Waals surface area contributed by atoms with E-state index in [2.05, 4.69) is 10.6 Å². The monoisotopic (exact) mass is 459 g/mol. The smallest absolute Gasteiger partial charge is 0.329 e. The molecule has 2 N–H and O–H groups in total. The van der Waals surface area contributed by atoms with E-state index < -0.39 is 36.0 Å². The normalized spacial score (nSPS) is 15.3. The SMILES string of the molecule is CSCC[C@@H](NC(=O)c1ccco1)C(=O)OCC(=O)N1c2ccccc2NC(=O)C1(C)C. The van der Waals surface area contributed by atoms with Crippen LogP contribution in [0.15, 0.2) is 47.1 Å². The number of benzene rings is 1. The first-order chi connectivity index (χ1) is 15.3. The summed E-state index contributed by atoms with van der Waals surface area (Å²) in [5, 5.41) is 5.36. The number of nitrogens with one attached hydrogen (secondary N) is 2. The van der Waals surface area contributed by atoms with E-state index in [9.17, 15) is 19.2 Å². The lowest BCUT2D eigenvalue weighted by Gasteiger charge is -2.41. The van der Waals surface area contributed by atoms with Gasteiger partial charge in [0.1, 0.15) is 11.6 Å². The van der Waals surface area contributed by atoms with Gasteiger partial charge < -0.3 is 19.8 Å². The molecule has 1 aromatic heterocycles. The van der Waals surface area contributed by atoms with Crippen LogP contribution in [-0.2, 0) is 19.1 Å². The molecule has 1 aliphatic rings. The fourth-order valence-electron chi connectivity index (χ4n) is 3.32. The summed E-state index contributed by atoms with van der Waals surface area (Å²) >= 11 is 1.51. The van der Waals surface area contributed by atoms with Gasteiger partial charge in [0.2, 0.25) is 5.91 Å². The maximum atomic E-state index is 13.0. The van der Waals surface area contributed by atoms with Gasteiger partial charge in [-0.2, -0.15) is 11.8 Å². The Labute approximate surface area is 189 Å². The van der Waals surface area contributed by atoms with Crippen LogP contribution in [0.2, 0.25) is 0 Å². The van der Waals surface area contributed by atoms with Crippen LogP contribution in [0.4, 0.5) is 11.4 Å². The minimum absolute atomic E-state index is 0.0701. The van der Waals surface area contributed by atoms with Crippen molar-refractivity contribution in [2.75, 3.05) is 28.8 Å². The first kappa shape index (κ1) is 23.4. The highest BCUT2D eigenvalue weighted by molar-refractivity contribution is 7.98. The van der Waals surface area contributed by atoms with Crippen molar-refractivity contribution in [3.8, 4) is 0 Å². The number of fused-ring (bicyclic) bond motifs is 1. The number of thioether (sulfide) groups is 1. The molecule has 0 radical (unpaired) electrons. The Morgan fingerprint density at radius 1 is 1.22 bits per heavy atom. The molecular weight excluding hydrogens is 434 g/mol. The van der Waals surface area contributed by atoms with E-state index in [1.54, 1.807) is 44.2 Å². The zero-order valence-corrected chi connectivity index (χ0v) is 18.9. The fourth-order valence-corrected chi connectivity index (χ4v) is 3.79. The van der Waals surface area contributed by atoms with Gasteiger partial charge in [0.05, 0.1) is 17.6 Å². The van der Waals surface area contributed by atoms with Gasteiger partial charge in [-0.3, -0.25) is 19.3 Å². The van der Waals surface area contributed by atoms with Crippen molar-refractivity contribution >= 4 is 46.8 Å². The van der Waals surface area contributed by atoms with Crippen LogP contribution >= 0.6 is 11.8 Å². The molecule has 0 saturated carbocycles. The first-order valence-corrected chi connectivity index (χ1v) is 11.4. The number of rotatable bonds is 8. The highest BCUT2D eigenvalue weighted by Crippen LogP contribution is 2.36. The number of esters is 1. The Kier molecular flexibility index (Phi) is 7.24. The molecule has 2 aromatic rings. The second kappa shape index (κ2) is 9.90. The summed E-state index contributed by atoms with van der Waals surface area (Å²) in [5.41, 5.74) is -0.160. The van der Waals surface area contributed by atoms with Crippen molar-refractivity contribution in [2.45, 2.75) is 31.8 Å². The summed E-state index contributed by atoms with van der Waals surface area (Å²) in [4.78, 5) is 51.9. The lowest BCUT2D eigenvalue weighted by Crippen LogP contribution is -2.59. The third-order valence-electron chi connectivity index (χ3n) is 5.04. The Morgan fingerprint density at radius 3 is 2.66 bits per heavy atom. The number of hydrogen-bond donors (Lipinski definition) is 2. The molecule has 2 heterocycles. The Bertz CT molecular complexity index is 1000. The summed E-state index contributed by atoms with van der Waals surface area (Å²) in [6.07, 6.45) is 3.56. The topological polar surface area (TPSA) is 118 Å². The Morgan fingerprint density at radius 2 is 1.97 bits per heavy atom. The summed E-state index contributed by atoms with van der Waals surface area (Å²) in [6.45, 7) is 2.65. The second-order valence-corrected chi connectivity index (χ2v) is 8.64. The quantitative estimate of drug-likeness (QED) is 0.582. The zero-order chi connectivity index (χ0) is 23.3. The van der Waals surface area contributed by atoms with E-state index in [0.29, 0.717) is 23.5 Å². The van der Waals surface area contributed by atoms with Crippen LogP contribution in [0.25, 0.3) is 0 Å². The maximum Gasteiger partial charge on any atom is 0.329 e. The lowest BCUT2D eigenvalue weighted by atomic mass is 9.96. The molecule has 0 spiro atoms. The number of amides is 3. The summed E-state index contributed by atoms with van der Waals surface area (Å²) in [5.74, 6) is -1.52. The van der Waals surface area contributed by atoms with Crippen molar-refractivity contribution in [3.63, 3.8) is 0 Å². The number of carbonyl (C=O) groups is 4. The molecule has 10 heteroatoms. The molecule has 1 aromatic carbocycles. The van der Waals surface area contributed by atoms with Crippen LogP contribution in [-0.4, -0.2) is 53.9 Å². The molecule has 0 saturated heterocycles. The number of ether oxygens (including phenoxy) is 1. The average Bonchev–Trinajstić information content (AvgIpc) is 3.30. The average molecular weight is 460 g/mol. The van der Waals surface area contributed by atoms with Crippen molar-refractivity contribution in [3.05, 3.63) is 48.4 Å². The summed E-state index contributed by atoms with van der Waals surface area (Å²) in [7, 11) is 0. The van der Waals surface area contributed by atoms with Crippen molar-refractivity contribution in [2.24, 2.45) is 0 Å². The van der Waals surface area contributed by atoms with E-state index in [1.165, 1.54) is 29.0 Å². The molecule has 0 aliphatic carbocycles. The van der Waals surface area contributed by atoms with Crippen molar-refractivity contribution in [1.29, 1.82) is 0 Å². The second-order valence-electron chi connectivity index (χ2n) is 7.65. The maximum absolute atomic E-state index is 13.0. The van der Waals surface area contributed by atoms with Gasteiger partial charge in [-0.05, 0) is 56.5 Å². The Balaban J connectivity index is 1.70. The third-order valence-corrected chi connectivity index (χ3v) is 5.68. The van der Waals surface area contributed by atoms with Crippen molar-refractivity contribution < 1.29 is 28.3 Å². The molecule has 3 rings (SSSR count). The van der Waals surface area contributed by atoms with Gasteiger partial charge in [0.15, 0.2) is 12.4 Å². The highest BCUT2D eigenvalue weighted by Gasteiger charge is 2.43. The molecule has 1 aliphatic heterocycles. The van der Waals surface area contributed by atoms with Gasteiger partial charge >= 0.3 is 5.97 Å². The highest BCUT2D eigenvalue weighted by atomic mass is 32.2. The predicted octanol–water partition coefficient (Wildman–Crippen LogP) is 2.44. The van der Waals surface area contributed by atoms with Crippen LogP contribution < -0.4 is 15.5 Å². The molecule has 9 nitrogen and oxygen atoms in total. The number of hydrogen-bond acceptors (Lipinski definition) is 7. The predicted molar refractivity (Wildman–Crippen MR) is 121 cm³/mol. The Hall–Kier alpha value is -3.27. The van der Waals surface area contributed by atoms with E-state index in [4.69, 9.17) is 9.15 Å². The molecule has 3 amide bonds. The van der Waals surface area contributed by atoms with Crippen LogP contribution in [0, 0.1) is 0 Å². The lowest BCUT2D eigenvalue weighted by molar-refractivity contribution is -0.150. The molecule has 1 atom stereocenters. The van der Waals surface area contributed by atoms with E-state index >= 15 is 0 Å². The first-order valence-electron chi connectivity index (χ1n) is 9.99. The summed E-state index contributed by atoms with van der Waals surface area (Å²) in [6, 6.07) is 9.00. The van der Waals surface area contributed by atoms with Crippen LogP contribution in [0.1, 0.15) is 30.8 Å². The molecule has 0 bridgehead atoms. The standard InChI is InChI=1S/C22H25N3O6S/c1-22(2)21(29)24-14-7-4-5-8-16(14)25(22)18(26)13-31-20(28)15(10-12-32-3)23-19(27)17-9-6-11-30-17/h4-9,11,15H,10,12-13H2,1-3H3,(H,23,27)(H,24,29)/t15-/m1/s1. The molecule has 32 heavy (non-hydrogen) atoms. The number of nitrogens with zero attached hydrogens (tertiary/aromatic N) is 1. The molecule has 0 unspecified atom stereocenters. The van der Waals surface area contributed by atoms with Crippen LogP contribution in [0.5, 0.6) is 0 Å². The molecule has 0 fully saturated rings. The minimum Gasteiger partial charge on any atom is -0.459 e. The van der Waals surface area contributed by atoms with Gasteiger partial charge in [0, 0.05) is 0 Å². The number of furan rings is 1. The van der Waals surface area contributed by atoms with E-state index in [0.717, 1.165) is 0 Å². The van der Waals surface area contributed by atoms with Gasteiger partial charge in [-0.25, -0.2) is 4.79 Å². The molecular formula is C22H25N3O6S. The third kappa shape index (κ3) is 4.96. The van der Waals surface area contributed by atoms with E-state index in [-0.39, 0.29) is 11.7 Å². The van der Waals surface area contributed by atoms with Crippen molar-refractivity contribution in [1.82, 2.24) is 5.32 Å². The number of carbonyl (C=O) groups excluding carboxylic acids is 4. The summed E-state index contributed by atoms with van der Waals surface area (Å²) < 4.78 is 10.3. The number of para-hydroxylation sites is 2. The number of anilines is 2.